The number of aromatic nitrogens is 1. The van der Waals surface area contributed by atoms with Gasteiger partial charge in [0.25, 0.3) is 0 Å². The molecule has 0 amide bonds. The van der Waals surface area contributed by atoms with Gasteiger partial charge in [0.15, 0.2) is 10.7 Å². The zero-order chi connectivity index (χ0) is 22.2. The van der Waals surface area contributed by atoms with Crippen LogP contribution in [0.5, 0.6) is 0 Å². The van der Waals surface area contributed by atoms with E-state index in [9.17, 15) is 22.0 Å². The highest BCUT2D eigenvalue weighted by Crippen LogP contribution is 2.24. The number of piperazine rings is 1. The van der Waals surface area contributed by atoms with E-state index < -0.39 is 26.6 Å². The molecule has 0 bridgehead atoms. The molecule has 1 aromatic heterocycles. The van der Waals surface area contributed by atoms with Gasteiger partial charge in [0, 0.05) is 49.2 Å². The molecule has 2 heterocycles. The molecule has 2 aromatic rings. The number of aryl methyl sites for hydroxylation is 1. The molecule has 1 aliphatic heterocycles. The summed E-state index contributed by atoms with van der Waals surface area (Å²) in [6.07, 6.45) is 0. The van der Waals surface area contributed by atoms with Crippen LogP contribution in [0.3, 0.4) is 0 Å². The SMILES string of the molecule is Cc1cc(C(=O)CN2CCN(S(=O)(=O)c3c(F)cccc3F)CC2)c(C)n1C(C)C. The van der Waals surface area contributed by atoms with Crippen molar-refractivity contribution in [1.29, 1.82) is 0 Å². The molecule has 0 radical (unpaired) electrons. The van der Waals surface area contributed by atoms with Crippen molar-refractivity contribution in [3.8, 4) is 0 Å². The predicted octanol–water partition coefficient (Wildman–Crippen LogP) is 3.15. The van der Waals surface area contributed by atoms with Gasteiger partial charge in [-0.25, -0.2) is 17.2 Å². The number of sulfonamides is 1. The van der Waals surface area contributed by atoms with Crippen LogP contribution in [0.2, 0.25) is 0 Å². The third-order valence-electron chi connectivity index (χ3n) is 5.52. The maximum Gasteiger partial charge on any atom is 0.249 e. The molecule has 0 spiro atoms. The maximum absolute atomic E-state index is 14.0. The minimum absolute atomic E-state index is 0.0218. The van der Waals surface area contributed by atoms with E-state index in [2.05, 4.69) is 18.4 Å². The molecule has 1 aliphatic rings. The van der Waals surface area contributed by atoms with E-state index >= 15 is 0 Å². The summed E-state index contributed by atoms with van der Waals surface area (Å²) in [7, 11) is -4.28. The second-order valence-electron chi connectivity index (χ2n) is 7.90. The minimum Gasteiger partial charge on any atom is -0.346 e. The van der Waals surface area contributed by atoms with Crippen LogP contribution in [0, 0.1) is 25.5 Å². The molecule has 0 unspecified atom stereocenters. The molecular formula is C21H27F2N3O3S. The summed E-state index contributed by atoms with van der Waals surface area (Å²) in [5, 5.41) is 0. The van der Waals surface area contributed by atoms with E-state index in [0.717, 1.165) is 33.9 Å². The van der Waals surface area contributed by atoms with Crippen molar-refractivity contribution in [3.05, 3.63) is 52.9 Å². The summed E-state index contributed by atoms with van der Waals surface area (Å²) in [4.78, 5) is 13.8. The van der Waals surface area contributed by atoms with Gasteiger partial charge in [-0.3, -0.25) is 9.69 Å². The molecular weight excluding hydrogens is 412 g/mol. The van der Waals surface area contributed by atoms with Crippen LogP contribution in [0.1, 0.15) is 41.6 Å². The quantitative estimate of drug-likeness (QED) is 0.649. The van der Waals surface area contributed by atoms with Gasteiger partial charge in [-0.1, -0.05) is 6.07 Å². The molecule has 0 atom stereocenters. The van der Waals surface area contributed by atoms with Crippen LogP contribution in [0.15, 0.2) is 29.2 Å². The lowest BCUT2D eigenvalue weighted by molar-refractivity contribution is 0.0901. The van der Waals surface area contributed by atoms with E-state index in [1.54, 1.807) is 0 Å². The molecule has 6 nitrogen and oxygen atoms in total. The fourth-order valence-corrected chi connectivity index (χ4v) is 5.66. The second-order valence-corrected chi connectivity index (χ2v) is 9.78. The third-order valence-corrected chi connectivity index (χ3v) is 7.47. The standard InChI is InChI=1S/C21H27F2N3O3S/c1-14(2)26-15(3)12-17(16(26)4)20(27)13-24-8-10-25(11-9-24)30(28,29)21-18(22)6-5-7-19(21)23/h5-7,12,14H,8-11,13H2,1-4H3. The lowest BCUT2D eigenvalue weighted by Gasteiger charge is -2.33. The first-order valence-electron chi connectivity index (χ1n) is 9.92. The van der Waals surface area contributed by atoms with E-state index in [4.69, 9.17) is 0 Å². The van der Waals surface area contributed by atoms with Crippen molar-refractivity contribution < 1.29 is 22.0 Å². The fraction of sp³-hybridized carbons (Fsp3) is 0.476. The van der Waals surface area contributed by atoms with Crippen molar-refractivity contribution in [2.24, 2.45) is 0 Å². The van der Waals surface area contributed by atoms with Gasteiger partial charge in [0.1, 0.15) is 11.6 Å². The Labute approximate surface area is 176 Å². The minimum atomic E-state index is -4.28. The largest absolute Gasteiger partial charge is 0.346 e. The average Bonchev–Trinajstić information content (AvgIpc) is 2.96. The molecule has 1 saturated heterocycles. The van der Waals surface area contributed by atoms with Gasteiger partial charge in [-0.2, -0.15) is 4.31 Å². The molecule has 30 heavy (non-hydrogen) atoms. The average molecular weight is 440 g/mol. The van der Waals surface area contributed by atoms with Crippen LogP contribution < -0.4 is 0 Å². The topological polar surface area (TPSA) is 62.6 Å². The Kier molecular flexibility index (Phi) is 6.45. The molecule has 1 aromatic carbocycles. The van der Waals surface area contributed by atoms with Crippen LogP contribution >= 0.6 is 0 Å². The maximum atomic E-state index is 14.0. The van der Waals surface area contributed by atoms with Crippen LogP contribution in [-0.2, 0) is 10.0 Å². The molecule has 3 rings (SSSR count). The van der Waals surface area contributed by atoms with Crippen LogP contribution in [-0.4, -0.2) is 60.7 Å². The predicted molar refractivity (Wildman–Crippen MR) is 110 cm³/mol. The monoisotopic (exact) mass is 439 g/mol. The smallest absolute Gasteiger partial charge is 0.249 e. The Bertz CT molecular complexity index is 1040. The number of hydrogen-bond donors (Lipinski definition) is 0. The zero-order valence-corrected chi connectivity index (χ0v) is 18.5. The lowest BCUT2D eigenvalue weighted by atomic mass is 10.1. The molecule has 0 aliphatic carbocycles. The Morgan fingerprint density at radius 2 is 1.63 bits per heavy atom. The first kappa shape index (κ1) is 22.6. The number of ketones is 1. The number of rotatable bonds is 6. The molecule has 1 fully saturated rings. The van der Waals surface area contributed by atoms with E-state index in [1.165, 1.54) is 0 Å². The first-order chi connectivity index (χ1) is 14.0. The van der Waals surface area contributed by atoms with Crippen molar-refractivity contribution in [2.75, 3.05) is 32.7 Å². The molecule has 9 heteroatoms. The Morgan fingerprint density at radius 3 is 2.13 bits per heavy atom. The van der Waals surface area contributed by atoms with Gasteiger partial charge >= 0.3 is 0 Å². The highest BCUT2D eigenvalue weighted by molar-refractivity contribution is 7.89. The summed E-state index contributed by atoms with van der Waals surface area (Å²) in [6.45, 7) is 8.93. The van der Waals surface area contributed by atoms with Gasteiger partial charge in [0.2, 0.25) is 10.0 Å². The molecule has 0 N–H and O–H groups in total. The number of Topliss-reactive ketones (excluding diaryl/α,β-unsaturated/α-hetero) is 1. The molecule has 164 valence electrons. The van der Waals surface area contributed by atoms with Crippen LogP contribution in [0.25, 0.3) is 0 Å². The first-order valence-corrected chi connectivity index (χ1v) is 11.4. The number of carbonyl (C=O) groups excluding carboxylic acids is 1. The second kappa shape index (κ2) is 8.56. The number of hydrogen-bond acceptors (Lipinski definition) is 4. The number of carbonyl (C=O) groups is 1. The summed E-state index contributed by atoms with van der Waals surface area (Å²) in [5.74, 6) is -2.23. The van der Waals surface area contributed by atoms with E-state index in [0.29, 0.717) is 18.7 Å². The van der Waals surface area contributed by atoms with Gasteiger partial charge in [-0.15, -0.1) is 0 Å². The lowest BCUT2D eigenvalue weighted by Crippen LogP contribution is -2.50. The number of nitrogens with zero attached hydrogens (tertiary/aromatic N) is 3. The van der Waals surface area contributed by atoms with Gasteiger partial charge < -0.3 is 4.57 Å². The summed E-state index contributed by atoms with van der Waals surface area (Å²) in [5.41, 5.74) is 2.61. The fourth-order valence-electron chi connectivity index (χ4n) is 4.13. The van der Waals surface area contributed by atoms with Crippen molar-refractivity contribution in [1.82, 2.24) is 13.8 Å². The number of halogens is 2. The van der Waals surface area contributed by atoms with Gasteiger partial charge in [0.05, 0.1) is 6.54 Å². The molecule has 0 saturated carbocycles. The third kappa shape index (κ3) is 4.19. The van der Waals surface area contributed by atoms with Crippen molar-refractivity contribution in [3.63, 3.8) is 0 Å². The van der Waals surface area contributed by atoms with Gasteiger partial charge in [-0.05, 0) is 45.9 Å². The van der Waals surface area contributed by atoms with E-state index in [-0.39, 0.29) is 31.5 Å². The highest BCUT2D eigenvalue weighted by atomic mass is 32.2. The highest BCUT2D eigenvalue weighted by Gasteiger charge is 2.33. The summed E-state index contributed by atoms with van der Waals surface area (Å²) >= 11 is 0. The summed E-state index contributed by atoms with van der Waals surface area (Å²) < 4.78 is 56.5. The van der Waals surface area contributed by atoms with Crippen LogP contribution in [0.4, 0.5) is 8.78 Å². The Morgan fingerprint density at radius 1 is 1.07 bits per heavy atom. The normalized spacial score (nSPS) is 16.4. The zero-order valence-electron chi connectivity index (χ0n) is 17.7. The Balaban J connectivity index is 1.68. The van der Waals surface area contributed by atoms with Crippen molar-refractivity contribution >= 4 is 15.8 Å². The number of benzene rings is 1. The van der Waals surface area contributed by atoms with E-state index in [1.807, 2.05) is 24.8 Å². The Hall–Kier alpha value is -2.10. The van der Waals surface area contributed by atoms with Crippen molar-refractivity contribution in [2.45, 2.75) is 38.6 Å². The summed E-state index contributed by atoms with van der Waals surface area (Å²) in [6, 6.07) is 5.12.